The maximum absolute atomic E-state index is 12.0. The average molecular weight is 244 g/mol. The van der Waals surface area contributed by atoms with Gasteiger partial charge in [-0.25, -0.2) is 13.1 Å². The van der Waals surface area contributed by atoms with Crippen LogP contribution >= 0.6 is 0 Å². The zero-order valence-electron chi connectivity index (χ0n) is 9.49. The monoisotopic (exact) mass is 244 g/mol. The number of sulfonamides is 1. The van der Waals surface area contributed by atoms with E-state index >= 15 is 0 Å². The van der Waals surface area contributed by atoms with E-state index in [2.05, 4.69) is 9.88 Å². The molecule has 6 heteroatoms. The van der Waals surface area contributed by atoms with Crippen molar-refractivity contribution in [1.29, 1.82) is 0 Å². The van der Waals surface area contributed by atoms with Crippen LogP contribution in [0.5, 0.6) is 0 Å². The molecule has 0 atom stereocenters. The highest BCUT2D eigenvalue weighted by Crippen LogP contribution is 2.26. The molecule has 1 aliphatic carbocycles. The molecule has 1 fully saturated rings. The molecule has 0 aliphatic heterocycles. The third kappa shape index (κ3) is 2.12. The molecule has 1 aromatic heterocycles. The summed E-state index contributed by atoms with van der Waals surface area (Å²) >= 11 is 0. The van der Waals surface area contributed by atoms with Gasteiger partial charge in [0.2, 0.25) is 10.0 Å². The fraction of sp³-hybridized carbons (Fsp3) is 0.700. The molecule has 0 radical (unpaired) electrons. The van der Waals surface area contributed by atoms with Gasteiger partial charge in [-0.1, -0.05) is 11.6 Å². The lowest BCUT2D eigenvalue weighted by Gasteiger charge is -2.25. The van der Waals surface area contributed by atoms with Gasteiger partial charge in [0.1, 0.15) is 10.6 Å². The predicted molar refractivity (Wildman–Crippen MR) is 58.5 cm³/mol. The molecule has 0 bridgehead atoms. The van der Waals surface area contributed by atoms with Gasteiger partial charge in [0.15, 0.2) is 5.76 Å². The van der Waals surface area contributed by atoms with Gasteiger partial charge in [0, 0.05) is 6.54 Å². The van der Waals surface area contributed by atoms with Gasteiger partial charge in [0.25, 0.3) is 0 Å². The highest BCUT2D eigenvalue weighted by Gasteiger charge is 2.26. The van der Waals surface area contributed by atoms with Crippen molar-refractivity contribution in [3.8, 4) is 0 Å². The van der Waals surface area contributed by atoms with Crippen LogP contribution in [-0.4, -0.2) is 20.1 Å². The summed E-state index contributed by atoms with van der Waals surface area (Å²) in [4.78, 5) is 0.187. The minimum absolute atomic E-state index is 0.187. The molecule has 1 heterocycles. The van der Waals surface area contributed by atoms with E-state index in [-0.39, 0.29) is 4.90 Å². The molecular weight excluding hydrogens is 228 g/mol. The SMILES string of the molecule is Cc1noc(C)c1S(=O)(=O)NCC1CCC1. The van der Waals surface area contributed by atoms with Gasteiger partial charge >= 0.3 is 0 Å². The van der Waals surface area contributed by atoms with Crippen molar-refractivity contribution in [2.45, 2.75) is 38.0 Å². The Labute approximate surface area is 95.3 Å². The lowest BCUT2D eigenvalue weighted by molar-refractivity contribution is 0.316. The van der Waals surface area contributed by atoms with Crippen molar-refractivity contribution in [3.63, 3.8) is 0 Å². The van der Waals surface area contributed by atoms with Crippen molar-refractivity contribution in [2.24, 2.45) is 5.92 Å². The topological polar surface area (TPSA) is 72.2 Å². The molecule has 1 aromatic rings. The van der Waals surface area contributed by atoms with Gasteiger partial charge in [-0.05, 0) is 32.6 Å². The summed E-state index contributed by atoms with van der Waals surface area (Å²) in [5.74, 6) is 0.842. The summed E-state index contributed by atoms with van der Waals surface area (Å²) in [5, 5.41) is 3.65. The van der Waals surface area contributed by atoms with Gasteiger partial charge in [-0.2, -0.15) is 0 Å². The smallest absolute Gasteiger partial charge is 0.245 e. The molecule has 0 amide bonds. The molecule has 2 rings (SSSR count). The number of nitrogens with one attached hydrogen (secondary N) is 1. The quantitative estimate of drug-likeness (QED) is 0.868. The van der Waals surface area contributed by atoms with E-state index in [9.17, 15) is 8.42 Å². The molecule has 1 saturated carbocycles. The summed E-state index contributed by atoms with van der Waals surface area (Å²) in [6, 6.07) is 0. The van der Waals surface area contributed by atoms with Crippen molar-refractivity contribution in [2.75, 3.05) is 6.54 Å². The maximum Gasteiger partial charge on any atom is 0.245 e. The number of aryl methyl sites for hydroxylation is 2. The molecule has 0 spiro atoms. The zero-order chi connectivity index (χ0) is 11.8. The van der Waals surface area contributed by atoms with Crippen molar-refractivity contribution < 1.29 is 12.9 Å². The normalized spacial score (nSPS) is 17.4. The Kier molecular flexibility index (Phi) is 3.03. The van der Waals surface area contributed by atoms with Crippen LogP contribution in [0.1, 0.15) is 30.7 Å². The second-order valence-electron chi connectivity index (χ2n) is 4.30. The number of rotatable bonds is 4. The van der Waals surface area contributed by atoms with E-state index in [1.54, 1.807) is 13.8 Å². The second-order valence-corrected chi connectivity index (χ2v) is 6.01. The number of nitrogens with zero attached hydrogens (tertiary/aromatic N) is 1. The molecule has 1 N–H and O–H groups in total. The summed E-state index contributed by atoms with van der Waals surface area (Å²) in [6.07, 6.45) is 3.44. The van der Waals surface area contributed by atoms with E-state index in [0.717, 1.165) is 12.8 Å². The Hall–Kier alpha value is -0.880. The Morgan fingerprint density at radius 2 is 2.12 bits per heavy atom. The van der Waals surface area contributed by atoms with Crippen LogP contribution in [0.15, 0.2) is 9.42 Å². The second kappa shape index (κ2) is 4.18. The Morgan fingerprint density at radius 1 is 1.44 bits per heavy atom. The molecule has 90 valence electrons. The van der Waals surface area contributed by atoms with Gasteiger partial charge < -0.3 is 4.52 Å². The Balaban J connectivity index is 2.12. The molecule has 0 saturated heterocycles. The summed E-state index contributed by atoms with van der Waals surface area (Å²) in [7, 11) is -3.46. The zero-order valence-corrected chi connectivity index (χ0v) is 10.3. The molecule has 0 unspecified atom stereocenters. The van der Waals surface area contributed by atoms with E-state index in [0.29, 0.717) is 23.9 Å². The van der Waals surface area contributed by atoms with Crippen LogP contribution < -0.4 is 4.72 Å². The lowest BCUT2D eigenvalue weighted by atomic mass is 9.86. The molecule has 5 nitrogen and oxygen atoms in total. The minimum Gasteiger partial charge on any atom is -0.360 e. The van der Waals surface area contributed by atoms with Crippen LogP contribution in [0.25, 0.3) is 0 Å². The fourth-order valence-corrected chi connectivity index (χ4v) is 3.30. The Bertz CT molecular complexity index is 455. The third-order valence-electron chi connectivity index (χ3n) is 3.02. The highest BCUT2D eigenvalue weighted by atomic mass is 32.2. The van der Waals surface area contributed by atoms with E-state index < -0.39 is 10.0 Å². The largest absolute Gasteiger partial charge is 0.360 e. The average Bonchev–Trinajstić information content (AvgIpc) is 2.43. The number of hydrogen-bond acceptors (Lipinski definition) is 4. The maximum atomic E-state index is 12.0. The Morgan fingerprint density at radius 3 is 2.56 bits per heavy atom. The molecular formula is C10H16N2O3S. The first kappa shape index (κ1) is 11.6. The van der Waals surface area contributed by atoms with Crippen LogP contribution in [0, 0.1) is 19.8 Å². The summed E-state index contributed by atoms with van der Waals surface area (Å²) < 4.78 is 31.4. The molecule has 0 aromatic carbocycles. The van der Waals surface area contributed by atoms with Crippen molar-refractivity contribution in [1.82, 2.24) is 9.88 Å². The van der Waals surface area contributed by atoms with Crippen LogP contribution in [0.3, 0.4) is 0 Å². The van der Waals surface area contributed by atoms with Crippen LogP contribution in [0.4, 0.5) is 0 Å². The summed E-state index contributed by atoms with van der Waals surface area (Å²) in [5.41, 5.74) is 0.415. The van der Waals surface area contributed by atoms with Crippen molar-refractivity contribution in [3.05, 3.63) is 11.5 Å². The number of aromatic nitrogens is 1. The van der Waals surface area contributed by atoms with Gasteiger partial charge in [0.05, 0.1) is 0 Å². The van der Waals surface area contributed by atoms with Gasteiger partial charge in [-0.15, -0.1) is 0 Å². The van der Waals surface area contributed by atoms with Crippen LogP contribution in [-0.2, 0) is 10.0 Å². The highest BCUT2D eigenvalue weighted by molar-refractivity contribution is 7.89. The van der Waals surface area contributed by atoms with Crippen molar-refractivity contribution >= 4 is 10.0 Å². The molecule has 1 aliphatic rings. The minimum atomic E-state index is -3.46. The van der Waals surface area contributed by atoms with E-state index in [1.807, 2.05) is 0 Å². The lowest BCUT2D eigenvalue weighted by Crippen LogP contribution is -2.32. The van der Waals surface area contributed by atoms with E-state index in [4.69, 9.17) is 4.52 Å². The summed E-state index contributed by atoms with van der Waals surface area (Å²) in [6.45, 7) is 3.76. The van der Waals surface area contributed by atoms with E-state index in [1.165, 1.54) is 6.42 Å². The third-order valence-corrected chi connectivity index (χ3v) is 4.69. The first-order valence-corrected chi connectivity index (χ1v) is 6.91. The standard InChI is InChI=1S/C10H16N2O3S/c1-7-10(8(2)15-12-7)16(13,14)11-6-9-4-3-5-9/h9,11H,3-6H2,1-2H3. The first-order chi connectivity index (χ1) is 7.50. The molecule has 16 heavy (non-hydrogen) atoms. The number of hydrogen-bond donors (Lipinski definition) is 1. The fourth-order valence-electron chi connectivity index (χ4n) is 1.85. The van der Waals surface area contributed by atoms with Crippen LogP contribution in [0.2, 0.25) is 0 Å². The first-order valence-electron chi connectivity index (χ1n) is 5.43. The predicted octanol–water partition coefficient (Wildman–Crippen LogP) is 1.37. The van der Waals surface area contributed by atoms with Gasteiger partial charge in [-0.3, -0.25) is 0 Å².